The number of carbonyl (C=O) groups excluding carboxylic acids is 1. The van der Waals surface area contributed by atoms with E-state index in [9.17, 15) is 4.79 Å². The van der Waals surface area contributed by atoms with Crippen LogP contribution < -0.4 is 5.32 Å². The molecule has 1 N–H and O–H groups in total. The summed E-state index contributed by atoms with van der Waals surface area (Å²) in [4.78, 5) is 15.4. The summed E-state index contributed by atoms with van der Waals surface area (Å²) >= 11 is 0. The highest BCUT2D eigenvalue weighted by Gasteiger charge is 2.28. The highest BCUT2D eigenvalue weighted by molar-refractivity contribution is 5.73. The summed E-state index contributed by atoms with van der Waals surface area (Å²) in [5.41, 5.74) is 0.509. The summed E-state index contributed by atoms with van der Waals surface area (Å²) in [6.45, 7) is 5.18. The fourth-order valence-electron chi connectivity index (χ4n) is 1.97. The van der Waals surface area contributed by atoms with Crippen LogP contribution in [0.1, 0.15) is 51.7 Å². The van der Waals surface area contributed by atoms with Crippen LogP contribution in [0.2, 0.25) is 0 Å². The van der Waals surface area contributed by atoms with Crippen molar-refractivity contribution in [1.82, 2.24) is 15.5 Å². The lowest BCUT2D eigenvalue weighted by Gasteiger charge is -2.20. The molecule has 0 aromatic carbocycles. The van der Waals surface area contributed by atoms with Crippen molar-refractivity contribution in [3.05, 3.63) is 17.8 Å². The van der Waals surface area contributed by atoms with Gasteiger partial charge in [0.15, 0.2) is 5.82 Å². The molecule has 1 amide bonds. The predicted molar refractivity (Wildman–Crippen MR) is 63.0 cm³/mol. The molecule has 0 atom stereocenters. The third-order valence-electron chi connectivity index (χ3n) is 2.79. The Balaban J connectivity index is 2.20. The average Bonchev–Trinajstić information content (AvgIpc) is 2.87. The zero-order valence-corrected chi connectivity index (χ0v) is 10.4. The minimum absolute atomic E-state index is 0.110. The number of hydrogen-bond acceptors (Lipinski definition) is 4. The molecule has 5 heteroatoms. The summed E-state index contributed by atoms with van der Waals surface area (Å²) in [6.07, 6.45) is 5.33. The molecule has 0 bridgehead atoms. The van der Waals surface area contributed by atoms with E-state index in [0.29, 0.717) is 11.7 Å². The van der Waals surface area contributed by atoms with Gasteiger partial charge in [-0.15, -0.1) is 0 Å². The van der Waals surface area contributed by atoms with E-state index in [1.165, 1.54) is 6.92 Å². The summed E-state index contributed by atoms with van der Waals surface area (Å²) in [6, 6.07) is 0. The minimum atomic E-state index is -0.604. The van der Waals surface area contributed by atoms with E-state index in [-0.39, 0.29) is 5.91 Å². The Morgan fingerprint density at radius 2 is 2.29 bits per heavy atom. The molecule has 0 radical (unpaired) electrons. The molecule has 0 aliphatic heterocycles. The molecule has 1 aliphatic carbocycles. The van der Waals surface area contributed by atoms with E-state index in [1.807, 2.05) is 13.8 Å². The molecule has 5 nitrogen and oxygen atoms in total. The lowest BCUT2D eigenvalue weighted by atomic mass is 10.1. The van der Waals surface area contributed by atoms with E-state index < -0.39 is 5.54 Å². The second-order valence-corrected chi connectivity index (χ2v) is 4.85. The molecule has 92 valence electrons. The van der Waals surface area contributed by atoms with Gasteiger partial charge in [0.25, 0.3) is 5.89 Å². The first kappa shape index (κ1) is 11.8. The first-order valence-corrected chi connectivity index (χ1v) is 5.81. The molecule has 0 saturated carbocycles. The van der Waals surface area contributed by atoms with E-state index in [0.717, 1.165) is 24.8 Å². The number of nitrogens with one attached hydrogen (secondary N) is 1. The van der Waals surface area contributed by atoms with Gasteiger partial charge in [0.1, 0.15) is 0 Å². The van der Waals surface area contributed by atoms with Crippen molar-refractivity contribution >= 4 is 11.5 Å². The largest absolute Gasteiger partial charge is 0.344 e. The van der Waals surface area contributed by atoms with Crippen LogP contribution in [0, 0.1) is 0 Å². The van der Waals surface area contributed by atoms with Crippen LogP contribution in [-0.2, 0) is 10.3 Å². The van der Waals surface area contributed by atoms with Crippen molar-refractivity contribution < 1.29 is 9.32 Å². The van der Waals surface area contributed by atoms with Crippen molar-refractivity contribution in [1.29, 1.82) is 0 Å². The SMILES string of the molecule is CC(=O)NC(C)(C)c1noc(C2=CCCC2)n1. The van der Waals surface area contributed by atoms with E-state index in [4.69, 9.17) is 4.52 Å². The molecular weight excluding hydrogens is 218 g/mol. The molecule has 0 saturated heterocycles. The quantitative estimate of drug-likeness (QED) is 0.870. The first-order valence-electron chi connectivity index (χ1n) is 5.81. The Morgan fingerprint density at radius 3 is 2.88 bits per heavy atom. The smallest absolute Gasteiger partial charge is 0.253 e. The minimum Gasteiger partial charge on any atom is -0.344 e. The topological polar surface area (TPSA) is 68.0 Å². The number of aromatic nitrogens is 2. The molecule has 1 heterocycles. The van der Waals surface area contributed by atoms with Gasteiger partial charge >= 0.3 is 0 Å². The van der Waals surface area contributed by atoms with Crippen molar-refractivity contribution in [2.45, 2.75) is 45.6 Å². The van der Waals surface area contributed by atoms with Gasteiger partial charge < -0.3 is 9.84 Å². The maximum Gasteiger partial charge on any atom is 0.253 e. The van der Waals surface area contributed by atoms with Crippen LogP contribution in [0.15, 0.2) is 10.6 Å². The summed E-state index contributed by atoms with van der Waals surface area (Å²) in [5.74, 6) is 0.979. The third-order valence-corrected chi connectivity index (χ3v) is 2.79. The number of hydrogen-bond donors (Lipinski definition) is 1. The van der Waals surface area contributed by atoms with Gasteiger partial charge in [-0.05, 0) is 33.1 Å². The van der Waals surface area contributed by atoms with Gasteiger partial charge in [-0.1, -0.05) is 11.2 Å². The molecule has 1 aromatic heterocycles. The monoisotopic (exact) mass is 235 g/mol. The Hall–Kier alpha value is -1.65. The summed E-state index contributed by atoms with van der Waals surface area (Å²) < 4.78 is 5.24. The molecule has 17 heavy (non-hydrogen) atoms. The number of allylic oxidation sites excluding steroid dienone is 2. The lowest BCUT2D eigenvalue weighted by Crippen LogP contribution is -2.40. The predicted octanol–water partition coefficient (Wildman–Crippen LogP) is 2.01. The maximum absolute atomic E-state index is 11.1. The molecule has 2 rings (SSSR count). The lowest BCUT2D eigenvalue weighted by molar-refractivity contribution is -0.120. The third kappa shape index (κ3) is 2.54. The molecule has 1 aliphatic rings. The first-order chi connectivity index (χ1) is 7.99. The number of carbonyl (C=O) groups is 1. The van der Waals surface area contributed by atoms with Crippen LogP contribution >= 0.6 is 0 Å². The van der Waals surface area contributed by atoms with Gasteiger partial charge in [-0.25, -0.2) is 0 Å². The molecular formula is C12H17N3O2. The number of rotatable bonds is 3. The fourth-order valence-corrected chi connectivity index (χ4v) is 1.97. The van der Waals surface area contributed by atoms with Crippen LogP contribution in [0.25, 0.3) is 5.57 Å². The Kier molecular flexibility index (Phi) is 3.00. The van der Waals surface area contributed by atoms with Crippen molar-refractivity contribution in [3.63, 3.8) is 0 Å². The van der Waals surface area contributed by atoms with Crippen molar-refractivity contribution in [2.24, 2.45) is 0 Å². The molecule has 0 fully saturated rings. The second-order valence-electron chi connectivity index (χ2n) is 4.85. The van der Waals surface area contributed by atoms with E-state index in [1.54, 1.807) is 0 Å². The van der Waals surface area contributed by atoms with E-state index >= 15 is 0 Å². The van der Waals surface area contributed by atoms with Crippen molar-refractivity contribution in [2.75, 3.05) is 0 Å². The Labute approximate surface area is 100 Å². The Bertz CT molecular complexity index is 460. The van der Waals surface area contributed by atoms with Crippen LogP contribution in [0.5, 0.6) is 0 Å². The maximum atomic E-state index is 11.1. The van der Waals surface area contributed by atoms with E-state index in [2.05, 4.69) is 21.5 Å². The second kappa shape index (κ2) is 4.31. The average molecular weight is 235 g/mol. The zero-order valence-electron chi connectivity index (χ0n) is 10.4. The number of nitrogens with zero attached hydrogens (tertiary/aromatic N) is 2. The van der Waals surface area contributed by atoms with Gasteiger partial charge in [0.05, 0.1) is 5.54 Å². The molecule has 0 unspecified atom stereocenters. The van der Waals surface area contributed by atoms with Gasteiger partial charge in [-0.3, -0.25) is 4.79 Å². The van der Waals surface area contributed by atoms with Crippen molar-refractivity contribution in [3.8, 4) is 0 Å². The van der Waals surface area contributed by atoms with Crippen LogP contribution in [0.4, 0.5) is 0 Å². The summed E-state index contributed by atoms with van der Waals surface area (Å²) in [5, 5.41) is 6.74. The van der Waals surface area contributed by atoms with Gasteiger partial charge in [-0.2, -0.15) is 4.98 Å². The zero-order chi connectivity index (χ0) is 12.5. The normalized spacial score (nSPS) is 15.8. The highest BCUT2D eigenvalue weighted by Crippen LogP contribution is 2.27. The molecule has 1 aromatic rings. The number of amides is 1. The van der Waals surface area contributed by atoms with Gasteiger partial charge in [0.2, 0.25) is 5.91 Å². The van der Waals surface area contributed by atoms with Gasteiger partial charge in [0, 0.05) is 12.5 Å². The molecule has 0 spiro atoms. The highest BCUT2D eigenvalue weighted by atomic mass is 16.5. The van der Waals surface area contributed by atoms with Crippen LogP contribution in [0.3, 0.4) is 0 Å². The Morgan fingerprint density at radius 1 is 1.53 bits per heavy atom. The van der Waals surface area contributed by atoms with Crippen LogP contribution in [-0.4, -0.2) is 16.0 Å². The summed E-state index contributed by atoms with van der Waals surface area (Å²) in [7, 11) is 0. The fraction of sp³-hybridized carbons (Fsp3) is 0.583. The standard InChI is InChI=1S/C12H17N3O2/c1-8(16)14-12(2,3)11-13-10(17-15-11)9-6-4-5-7-9/h6H,4-5,7H2,1-3H3,(H,14,16).